The first-order valence-electron chi connectivity index (χ1n) is 7.58. The molecule has 22 heavy (non-hydrogen) atoms. The van der Waals surface area contributed by atoms with E-state index in [0.29, 0.717) is 32.8 Å². The molecule has 1 amide bonds. The van der Waals surface area contributed by atoms with Crippen molar-refractivity contribution in [3.63, 3.8) is 0 Å². The predicted octanol–water partition coefficient (Wildman–Crippen LogP) is 1.39. The molecular weight excluding hydrogens is 304 g/mol. The maximum Gasteiger partial charge on any atom is 0.224 e. The molecule has 2 aliphatic heterocycles. The highest BCUT2D eigenvalue weighted by Gasteiger charge is 2.30. The lowest BCUT2D eigenvalue weighted by molar-refractivity contribution is -0.141. The van der Waals surface area contributed by atoms with Crippen molar-refractivity contribution in [1.29, 1.82) is 0 Å². The van der Waals surface area contributed by atoms with Gasteiger partial charge in [0.15, 0.2) is 0 Å². The second-order valence-corrected chi connectivity index (χ2v) is 5.52. The Hall–Kier alpha value is -1.14. The molecule has 0 aromatic heterocycles. The first kappa shape index (κ1) is 17.2. The van der Waals surface area contributed by atoms with E-state index in [4.69, 9.17) is 9.47 Å². The van der Waals surface area contributed by atoms with Crippen LogP contribution in [0.5, 0.6) is 0 Å². The van der Waals surface area contributed by atoms with Gasteiger partial charge in [0, 0.05) is 25.6 Å². The van der Waals surface area contributed by atoms with Gasteiger partial charge in [0.25, 0.3) is 0 Å². The fourth-order valence-electron chi connectivity index (χ4n) is 2.93. The van der Waals surface area contributed by atoms with Crippen LogP contribution in [0.3, 0.4) is 0 Å². The highest BCUT2D eigenvalue weighted by Crippen LogP contribution is 2.25. The van der Waals surface area contributed by atoms with Crippen LogP contribution >= 0.6 is 12.4 Å². The van der Waals surface area contributed by atoms with Gasteiger partial charge in [-0.3, -0.25) is 4.79 Å². The summed E-state index contributed by atoms with van der Waals surface area (Å²) in [5.74, 6) is 0.176. The number of nitrogens with zero attached hydrogens (tertiary/aromatic N) is 1. The van der Waals surface area contributed by atoms with Gasteiger partial charge >= 0.3 is 0 Å². The van der Waals surface area contributed by atoms with Crippen LogP contribution in [0.4, 0.5) is 0 Å². The second kappa shape index (κ2) is 8.48. The molecule has 5 nitrogen and oxygen atoms in total. The summed E-state index contributed by atoms with van der Waals surface area (Å²) < 4.78 is 11.0. The van der Waals surface area contributed by atoms with Gasteiger partial charge in [0.2, 0.25) is 5.91 Å². The number of rotatable bonds is 3. The standard InChI is InChI=1S/C16H22N2O3.ClH/c19-16(10-14-11-20-8-6-17-14)18-7-9-21-12-15(18)13-4-2-1-3-5-13;/h1-5,14-15,17H,6-12H2;1H. The molecule has 2 fully saturated rings. The van der Waals surface area contributed by atoms with Gasteiger partial charge < -0.3 is 19.7 Å². The number of benzene rings is 1. The molecule has 2 aliphatic rings. The van der Waals surface area contributed by atoms with Gasteiger partial charge in [-0.1, -0.05) is 30.3 Å². The number of morpholine rings is 2. The molecule has 2 heterocycles. The largest absolute Gasteiger partial charge is 0.378 e. The van der Waals surface area contributed by atoms with Gasteiger partial charge in [-0.05, 0) is 5.56 Å². The van der Waals surface area contributed by atoms with Gasteiger partial charge in [0.05, 0.1) is 32.5 Å². The molecule has 0 saturated carbocycles. The van der Waals surface area contributed by atoms with E-state index < -0.39 is 0 Å². The van der Waals surface area contributed by atoms with Crippen LogP contribution in [0.15, 0.2) is 30.3 Å². The van der Waals surface area contributed by atoms with Crippen molar-refractivity contribution in [3.05, 3.63) is 35.9 Å². The van der Waals surface area contributed by atoms with Crippen molar-refractivity contribution in [2.75, 3.05) is 39.5 Å². The summed E-state index contributed by atoms with van der Waals surface area (Å²) >= 11 is 0. The molecule has 2 atom stereocenters. The minimum absolute atomic E-state index is 0. The van der Waals surface area contributed by atoms with E-state index in [1.165, 1.54) is 0 Å². The van der Waals surface area contributed by atoms with Crippen molar-refractivity contribution in [1.82, 2.24) is 10.2 Å². The van der Waals surface area contributed by atoms with E-state index in [9.17, 15) is 4.79 Å². The SMILES string of the molecule is Cl.O=C(CC1COCCN1)N1CCOCC1c1ccccc1. The third kappa shape index (κ3) is 4.20. The molecule has 122 valence electrons. The summed E-state index contributed by atoms with van der Waals surface area (Å²) in [6, 6.07) is 10.3. The van der Waals surface area contributed by atoms with Crippen LogP contribution < -0.4 is 5.32 Å². The van der Waals surface area contributed by atoms with Crippen molar-refractivity contribution in [3.8, 4) is 0 Å². The van der Waals surface area contributed by atoms with E-state index in [1.807, 2.05) is 23.1 Å². The predicted molar refractivity (Wildman–Crippen MR) is 86.2 cm³/mol. The fraction of sp³-hybridized carbons (Fsp3) is 0.562. The molecular formula is C16H23ClN2O3. The monoisotopic (exact) mass is 326 g/mol. The highest BCUT2D eigenvalue weighted by atomic mass is 35.5. The van der Waals surface area contributed by atoms with Crippen LogP contribution in [0.2, 0.25) is 0 Å². The van der Waals surface area contributed by atoms with E-state index >= 15 is 0 Å². The Bertz CT molecular complexity index is 466. The average molecular weight is 327 g/mol. The maximum absolute atomic E-state index is 12.6. The Balaban J connectivity index is 0.00000176. The van der Waals surface area contributed by atoms with E-state index in [2.05, 4.69) is 17.4 Å². The Morgan fingerprint density at radius 2 is 1.95 bits per heavy atom. The van der Waals surface area contributed by atoms with Crippen LogP contribution in [0, 0.1) is 0 Å². The van der Waals surface area contributed by atoms with Crippen molar-refractivity contribution in [2.24, 2.45) is 0 Å². The van der Waals surface area contributed by atoms with Gasteiger partial charge in [-0.2, -0.15) is 0 Å². The molecule has 1 N–H and O–H groups in total. The number of carbonyl (C=O) groups is 1. The van der Waals surface area contributed by atoms with E-state index in [-0.39, 0.29) is 30.4 Å². The van der Waals surface area contributed by atoms with Crippen molar-refractivity contribution in [2.45, 2.75) is 18.5 Å². The average Bonchev–Trinajstić information content (AvgIpc) is 2.56. The van der Waals surface area contributed by atoms with E-state index in [1.54, 1.807) is 0 Å². The minimum Gasteiger partial charge on any atom is -0.378 e. The summed E-state index contributed by atoms with van der Waals surface area (Å²) in [6.07, 6.45) is 0.489. The van der Waals surface area contributed by atoms with Crippen LogP contribution in [0.1, 0.15) is 18.0 Å². The smallest absolute Gasteiger partial charge is 0.224 e. The highest BCUT2D eigenvalue weighted by molar-refractivity contribution is 5.85. The quantitative estimate of drug-likeness (QED) is 0.912. The Morgan fingerprint density at radius 1 is 1.18 bits per heavy atom. The van der Waals surface area contributed by atoms with Gasteiger partial charge in [0.1, 0.15) is 0 Å². The zero-order valence-corrected chi connectivity index (χ0v) is 13.4. The third-order valence-electron chi connectivity index (χ3n) is 4.05. The third-order valence-corrected chi connectivity index (χ3v) is 4.05. The Morgan fingerprint density at radius 3 is 2.68 bits per heavy atom. The molecule has 0 radical (unpaired) electrons. The summed E-state index contributed by atoms with van der Waals surface area (Å²) in [5, 5.41) is 3.34. The van der Waals surface area contributed by atoms with Gasteiger partial charge in [-0.25, -0.2) is 0 Å². The molecule has 0 bridgehead atoms. The van der Waals surface area contributed by atoms with Crippen LogP contribution in [-0.2, 0) is 14.3 Å². The number of halogens is 1. The summed E-state index contributed by atoms with van der Waals surface area (Å²) in [5.41, 5.74) is 1.14. The number of hydrogen-bond acceptors (Lipinski definition) is 4. The molecule has 0 aliphatic carbocycles. The molecule has 1 aromatic rings. The first-order chi connectivity index (χ1) is 10.3. The molecule has 2 unspecified atom stereocenters. The normalized spacial score (nSPS) is 25.4. The molecule has 3 rings (SSSR count). The topological polar surface area (TPSA) is 50.8 Å². The number of ether oxygens (including phenoxy) is 2. The number of carbonyl (C=O) groups excluding carboxylic acids is 1. The Labute approximate surface area is 137 Å². The van der Waals surface area contributed by atoms with Crippen molar-refractivity contribution >= 4 is 18.3 Å². The number of amides is 1. The Kier molecular flexibility index (Phi) is 6.64. The summed E-state index contributed by atoms with van der Waals surface area (Å²) in [6.45, 7) is 4.02. The molecule has 2 saturated heterocycles. The lowest BCUT2D eigenvalue weighted by Crippen LogP contribution is -2.48. The first-order valence-corrected chi connectivity index (χ1v) is 7.58. The lowest BCUT2D eigenvalue weighted by Gasteiger charge is -2.37. The minimum atomic E-state index is 0. The zero-order valence-electron chi connectivity index (χ0n) is 12.6. The van der Waals surface area contributed by atoms with E-state index in [0.717, 1.165) is 18.7 Å². The lowest BCUT2D eigenvalue weighted by atomic mass is 10.0. The maximum atomic E-state index is 12.6. The number of nitrogens with one attached hydrogen (secondary N) is 1. The summed E-state index contributed by atoms with van der Waals surface area (Å²) in [7, 11) is 0. The molecule has 0 spiro atoms. The van der Waals surface area contributed by atoms with Crippen molar-refractivity contribution < 1.29 is 14.3 Å². The molecule has 6 heteroatoms. The number of hydrogen-bond donors (Lipinski definition) is 1. The molecule has 1 aromatic carbocycles. The van der Waals surface area contributed by atoms with Gasteiger partial charge in [-0.15, -0.1) is 12.4 Å². The second-order valence-electron chi connectivity index (χ2n) is 5.52. The zero-order chi connectivity index (χ0) is 14.5. The van der Waals surface area contributed by atoms with Crippen LogP contribution in [0.25, 0.3) is 0 Å². The fourth-order valence-corrected chi connectivity index (χ4v) is 2.93. The summed E-state index contributed by atoms with van der Waals surface area (Å²) in [4.78, 5) is 14.6. The van der Waals surface area contributed by atoms with Crippen LogP contribution in [-0.4, -0.2) is 56.4 Å².